The molecule has 0 bridgehead atoms. The lowest BCUT2D eigenvalue weighted by molar-refractivity contribution is -0.205. The Morgan fingerprint density at radius 3 is 2.35 bits per heavy atom. The van der Waals surface area contributed by atoms with E-state index >= 15 is 0 Å². The van der Waals surface area contributed by atoms with Gasteiger partial charge in [-0.2, -0.15) is 0 Å². The van der Waals surface area contributed by atoms with Gasteiger partial charge in [-0.05, 0) is 17.7 Å². The highest BCUT2D eigenvalue weighted by molar-refractivity contribution is 7.99. The Kier molecular flexibility index (Phi) is 5.83. The molecule has 1 saturated heterocycles. The van der Waals surface area contributed by atoms with Crippen molar-refractivity contribution in [3.05, 3.63) is 35.9 Å². The van der Waals surface area contributed by atoms with Crippen LogP contribution in [0.25, 0.3) is 0 Å². The molecular formula is C14H20O5S. The second-order valence-corrected chi connectivity index (χ2v) is 6.01. The van der Waals surface area contributed by atoms with Gasteiger partial charge in [-0.15, -0.1) is 11.8 Å². The first-order valence-electron chi connectivity index (χ1n) is 6.59. The highest BCUT2D eigenvalue weighted by Gasteiger charge is 2.43. The summed E-state index contributed by atoms with van der Waals surface area (Å²) in [6.07, 6.45) is -3.76. The fraction of sp³-hybridized carbons (Fsp3) is 0.571. The van der Waals surface area contributed by atoms with Crippen molar-refractivity contribution in [2.24, 2.45) is 0 Å². The van der Waals surface area contributed by atoms with Gasteiger partial charge in [0.15, 0.2) is 0 Å². The Hall–Kier alpha value is -0.630. The van der Waals surface area contributed by atoms with Crippen molar-refractivity contribution >= 4 is 11.8 Å². The summed E-state index contributed by atoms with van der Waals surface area (Å²) in [5.74, 6) is 0.715. The van der Waals surface area contributed by atoms with E-state index in [2.05, 4.69) is 0 Å². The van der Waals surface area contributed by atoms with Gasteiger partial charge in [0.1, 0.15) is 29.9 Å². The standard InChI is InChI=1S/C14H20O5S/c15-8-10-11(16)12(17)13(18)14(19-10)20-7-6-9-4-2-1-3-5-9/h1-5,10-18H,6-8H2/t10?,11-,12+,13+,14-/m0/s1. The zero-order chi connectivity index (χ0) is 14.5. The van der Waals surface area contributed by atoms with Crippen molar-refractivity contribution in [1.29, 1.82) is 0 Å². The van der Waals surface area contributed by atoms with Gasteiger partial charge >= 0.3 is 0 Å². The third-order valence-electron chi connectivity index (χ3n) is 3.36. The van der Waals surface area contributed by atoms with Crippen molar-refractivity contribution in [2.75, 3.05) is 12.4 Å². The maximum Gasteiger partial charge on any atom is 0.132 e. The quantitative estimate of drug-likeness (QED) is 0.600. The van der Waals surface area contributed by atoms with Crippen LogP contribution >= 0.6 is 11.8 Å². The van der Waals surface area contributed by atoms with Gasteiger partial charge in [0.05, 0.1) is 6.61 Å². The molecule has 0 radical (unpaired) electrons. The van der Waals surface area contributed by atoms with Gasteiger partial charge in [-0.3, -0.25) is 0 Å². The zero-order valence-corrected chi connectivity index (χ0v) is 11.8. The highest BCUT2D eigenvalue weighted by Crippen LogP contribution is 2.28. The fourth-order valence-electron chi connectivity index (χ4n) is 2.14. The van der Waals surface area contributed by atoms with Gasteiger partial charge in [0.2, 0.25) is 0 Å². The van der Waals surface area contributed by atoms with E-state index in [4.69, 9.17) is 9.84 Å². The zero-order valence-electron chi connectivity index (χ0n) is 11.0. The number of rotatable bonds is 5. The number of aliphatic hydroxyl groups excluding tert-OH is 4. The lowest BCUT2D eigenvalue weighted by Gasteiger charge is -2.39. The van der Waals surface area contributed by atoms with Crippen molar-refractivity contribution in [3.63, 3.8) is 0 Å². The second kappa shape index (κ2) is 7.40. The summed E-state index contributed by atoms with van der Waals surface area (Å²) in [6.45, 7) is -0.388. The van der Waals surface area contributed by atoms with Crippen LogP contribution in [0.15, 0.2) is 30.3 Å². The Morgan fingerprint density at radius 2 is 1.70 bits per heavy atom. The van der Waals surface area contributed by atoms with Crippen molar-refractivity contribution in [2.45, 2.75) is 36.3 Å². The maximum atomic E-state index is 9.88. The number of thioether (sulfide) groups is 1. The largest absolute Gasteiger partial charge is 0.394 e. The minimum absolute atomic E-state index is 0.388. The molecule has 20 heavy (non-hydrogen) atoms. The predicted molar refractivity (Wildman–Crippen MR) is 76.4 cm³/mol. The third kappa shape index (κ3) is 3.72. The van der Waals surface area contributed by atoms with Gasteiger partial charge < -0.3 is 25.2 Å². The fourth-order valence-corrected chi connectivity index (χ4v) is 3.31. The van der Waals surface area contributed by atoms with Crippen LogP contribution in [0.4, 0.5) is 0 Å². The summed E-state index contributed by atoms with van der Waals surface area (Å²) in [5.41, 5.74) is 0.541. The molecule has 0 aliphatic carbocycles. The van der Waals surface area contributed by atoms with E-state index in [1.165, 1.54) is 17.3 Å². The summed E-state index contributed by atoms with van der Waals surface area (Å²) in [7, 11) is 0. The molecule has 2 rings (SSSR count). The molecule has 1 aliphatic heterocycles. The second-order valence-electron chi connectivity index (χ2n) is 4.80. The summed E-state index contributed by atoms with van der Waals surface area (Å²) >= 11 is 1.37. The molecular weight excluding hydrogens is 280 g/mol. The van der Waals surface area contributed by atoms with Gasteiger partial charge in [-0.1, -0.05) is 30.3 Å². The normalized spacial score (nSPS) is 34.1. The molecule has 1 unspecified atom stereocenters. The number of ether oxygens (including phenoxy) is 1. The summed E-state index contributed by atoms with van der Waals surface area (Å²) in [6, 6.07) is 9.93. The lowest BCUT2D eigenvalue weighted by atomic mass is 10.0. The average Bonchev–Trinajstić information content (AvgIpc) is 2.48. The van der Waals surface area contributed by atoms with E-state index in [0.29, 0.717) is 5.75 Å². The number of benzene rings is 1. The predicted octanol–water partition coefficient (Wildman–Crippen LogP) is -0.238. The minimum atomic E-state index is -1.30. The molecule has 0 amide bonds. The Bertz CT molecular complexity index is 400. The Balaban J connectivity index is 1.85. The minimum Gasteiger partial charge on any atom is -0.394 e. The molecule has 5 nitrogen and oxygen atoms in total. The van der Waals surface area contributed by atoms with Crippen LogP contribution in [0.1, 0.15) is 5.56 Å². The highest BCUT2D eigenvalue weighted by atomic mass is 32.2. The van der Waals surface area contributed by atoms with Crippen molar-refractivity contribution < 1.29 is 25.2 Å². The molecule has 1 fully saturated rings. The molecule has 1 aromatic carbocycles. The summed E-state index contributed by atoms with van der Waals surface area (Å²) in [5, 5.41) is 38.3. The molecule has 4 N–H and O–H groups in total. The van der Waals surface area contributed by atoms with Crippen LogP contribution in [-0.2, 0) is 11.2 Å². The molecule has 6 heteroatoms. The van der Waals surface area contributed by atoms with Crippen LogP contribution in [0, 0.1) is 0 Å². The van der Waals surface area contributed by atoms with E-state index < -0.39 is 29.9 Å². The lowest BCUT2D eigenvalue weighted by Crippen LogP contribution is -2.57. The molecule has 1 aliphatic rings. The monoisotopic (exact) mass is 300 g/mol. The first kappa shape index (κ1) is 15.8. The molecule has 1 aromatic rings. The van der Waals surface area contributed by atoms with Crippen LogP contribution in [0.3, 0.4) is 0 Å². The van der Waals surface area contributed by atoms with Gasteiger partial charge in [-0.25, -0.2) is 0 Å². The van der Waals surface area contributed by atoms with Crippen molar-refractivity contribution in [1.82, 2.24) is 0 Å². The molecule has 112 valence electrons. The Morgan fingerprint density at radius 1 is 1.00 bits per heavy atom. The van der Waals surface area contributed by atoms with Gasteiger partial charge in [0, 0.05) is 0 Å². The first-order chi connectivity index (χ1) is 9.63. The molecule has 0 aromatic heterocycles. The van der Waals surface area contributed by atoms with E-state index in [0.717, 1.165) is 6.42 Å². The van der Waals surface area contributed by atoms with Crippen molar-refractivity contribution in [3.8, 4) is 0 Å². The summed E-state index contributed by atoms with van der Waals surface area (Å²) < 4.78 is 5.42. The summed E-state index contributed by atoms with van der Waals surface area (Å²) in [4.78, 5) is 0. The van der Waals surface area contributed by atoms with E-state index in [1.54, 1.807) is 0 Å². The molecule has 0 saturated carbocycles. The van der Waals surface area contributed by atoms with E-state index in [1.807, 2.05) is 30.3 Å². The number of hydrogen-bond donors (Lipinski definition) is 4. The number of aliphatic hydroxyl groups is 4. The average molecular weight is 300 g/mol. The van der Waals surface area contributed by atoms with E-state index in [-0.39, 0.29) is 6.61 Å². The molecule has 0 spiro atoms. The number of hydrogen-bond acceptors (Lipinski definition) is 6. The SMILES string of the molecule is OCC1O[C@@H](SCCc2ccccc2)[C@H](O)[C@H](O)[C@H]1O. The van der Waals surface area contributed by atoms with Crippen LogP contribution in [0.5, 0.6) is 0 Å². The van der Waals surface area contributed by atoms with Crippen LogP contribution in [-0.4, -0.2) is 62.6 Å². The topological polar surface area (TPSA) is 90.2 Å². The Labute approximate surface area is 122 Å². The van der Waals surface area contributed by atoms with Crippen LogP contribution in [0.2, 0.25) is 0 Å². The first-order valence-corrected chi connectivity index (χ1v) is 7.64. The number of aryl methyl sites for hydroxylation is 1. The smallest absolute Gasteiger partial charge is 0.132 e. The maximum absolute atomic E-state index is 9.88. The van der Waals surface area contributed by atoms with E-state index in [9.17, 15) is 15.3 Å². The molecule has 1 heterocycles. The molecule has 5 atom stereocenters. The third-order valence-corrected chi connectivity index (χ3v) is 4.52. The van der Waals surface area contributed by atoms with Crippen LogP contribution < -0.4 is 0 Å². The van der Waals surface area contributed by atoms with Gasteiger partial charge in [0.25, 0.3) is 0 Å².